The number of nitrogens with one attached hydrogen (secondary N) is 1. The highest BCUT2D eigenvalue weighted by atomic mass is 79.9. The highest BCUT2D eigenvalue weighted by Crippen LogP contribution is 2.36. The number of para-hydroxylation sites is 1. The lowest BCUT2D eigenvalue weighted by Gasteiger charge is -2.21. The molecule has 0 bridgehead atoms. The third kappa shape index (κ3) is 3.60. The summed E-state index contributed by atoms with van der Waals surface area (Å²) in [5.74, 6) is 3.06. The van der Waals surface area contributed by atoms with Crippen LogP contribution in [0.1, 0.15) is 11.1 Å². The Bertz CT molecular complexity index is 720. The number of methoxy groups -OCH3 is 2. The van der Waals surface area contributed by atoms with Gasteiger partial charge in [-0.1, -0.05) is 12.1 Å². The van der Waals surface area contributed by atoms with Gasteiger partial charge in [-0.2, -0.15) is 0 Å². The Morgan fingerprint density at radius 3 is 2.71 bits per heavy atom. The summed E-state index contributed by atoms with van der Waals surface area (Å²) < 4.78 is 22.9. The zero-order valence-electron chi connectivity index (χ0n) is 13.7. The van der Waals surface area contributed by atoms with Crippen LogP contribution in [0.2, 0.25) is 0 Å². The van der Waals surface area contributed by atoms with Crippen LogP contribution in [0.15, 0.2) is 34.8 Å². The summed E-state index contributed by atoms with van der Waals surface area (Å²) >= 11 is 3.52. The molecule has 0 spiro atoms. The van der Waals surface area contributed by atoms with Crippen molar-refractivity contribution >= 4 is 15.9 Å². The third-order valence-electron chi connectivity index (χ3n) is 3.79. The molecule has 0 unspecified atom stereocenters. The van der Waals surface area contributed by atoms with E-state index in [-0.39, 0.29) is 0 Å². The predicted molar refractivity (Wildman–Crippen MR) is 95.2 cm³/mol. The Morgan fingerprint density at radius 1 is 1.08 bits per heavy atom. The SMILES string of the molecule is COc1cc(CNCc2cccc3c2OCCO3)cc(Br)c1OC. The van der Waals surface area contributed by atoms with E-state index in [9.17, 15) is 0 Å². The quantitative estimate of drug-likeness (QED) is 0.813. The number of hydrogen-bond acceptors (Lipinski definition) is 5. The minimum Gasteiger partial charge on any atom is -0.493 e. The molecule has 1 aliphatic heterocycles. The van der Waals surface area contributed by atoms with Crippen LogP contribution in [-0.2, 0) is 13.1 Å². The maximum atomic E-state index is 5.73. The first-order chi connectivity index (χ1) is 11.7. The molecule has 1 heterocycles. The van der Waals surface area contributed by atoms with E-state index in [1.807, 2.05) is 30.3 Å². The molecule has 24 heavy (non-hydrogen) atoms. The largest absolute Gasteiger partial charge is 0.493 e. The van der Waals surface area contributed by atoms with Gasteiger partial charge in [-0.05, 0) is 39.7 Å². The van der Waals surface area contributed by atoms with Crippen molar-refractivity contribution in [2.24, 2.45) is 0 Å². The molecule has 0 aromatic heterocycles. The third-order valence-corrected chi connectivity index (χ3v) is 4.37. The van der Waals surface area contributed by atoms with Crippen molar-refractivity contribution in [1.29, 1.82) is 0 Å². The van der Waals surface area contributed by atoms with Crippen molar-refractivity contribution in [1.82, 2.24) is 5.32 Å². The molecule has 0 amide bonds. The topological polar surface area (TPSA) is 49.0 Å². The zero-order chi connectivity index (χ0) is 16.9. The van der Waals surface area contributed by atoms with Crippen molar-refractivity contribution in [2.45, 2.75) is 13.1 Å². The average Bonchev–Trinajstić information content (AvgIpc) is 2.61. The van der Waals surface area contributed by atoms with Gasteiger partial charge in [0.15, 0.2) is 23.0 Å². The first-order valence-corrected chi connectivity index (χ1v) is 8.51. The number of benzene rings is 2. The minimum absolute atomic E-state index is 0.590. The number of hydrogen-bond donors (Lipinski definition) is 1. The molecule has 1 N–H and O–H groups in total. The van der Waals surface area contributed by atoms with E-state index >= 15 is 0 Å². The van der Waals surface area contributed by atoms with E-state index in [0.717, 1.165) is 27.1 Å². The van der Waals surface area contributed by atoms with Gasteiger partial charge >= 0.3 is 0 Å². The molecule has 2 aromatic carbocycles. The van der Waals surface area contributed by atoms with Gasteiger partial charge in [0, 0.05) is 18.7 Å². The summed E-state index contributed by atoms with van der Waals surface area (Å²) in [4.78, 5) is 0. The van der Waals surface area contributed by atoms with Crippen molar-refractivity contribution < 1.29 is 18.9 Å². The van der Waals surface area contributed by atoms with Gasteiger partial charge in [0.25, 0.3) is 0 Å². The van der Waals surface area contributed by atoms with Gasteiger partial charge in [0.2, 0.25) is 0 Å². The standard InChI is InChI=1S/C18H20BrNO4/c1-21-16-9-12(8-14(19)18(16)22-2)10-20-11-13-4-3-5-15-17(13)24-7-6-23-15/h3-5,8-9,20H,6-7,10-11H2,1-2H3. The highest BCUT2D eigenvalue weighted by molar-refractivity contribution is 9.10. The van der Waals surface area contributed by atoms with Crippen LogP contribution in [0.4, 0.5) is 0 Å². The lowest BCUT2D eigenvalue weighted by Crippen LogP contribution is -2.19. The predicted octanol–water partition coefficient (Wildman–Crippen LogP) is 3.53. The molecule has 0 aliphatic carbocycles. The first kappa shape index (κ1) is 16.9. The molecule has 0 radical (unpaired) electrons. The molecule has 1 aliphatic rings. The fourth-order valence-corrected chi connectivity index (χ4v) is 3.34. The van der Waals surface area contributed by atoms with Crippen LogP contribution in [-0.4, -0.2) is 27.4 Å². The molecule has 0 saturated carbocycles. The van der Waals surface area contributed by atoms with Crippen molar-refractivity contribution in [3.8, 4) is 23.0 Å². The van der Waals surface area contributed by atoms with Crippen molar-refractivity contribution in [3.63, 3.8) is 0 Å². The van der Waals surface area contributed by atoms with Gasteiger partial charge in [0.05, 0.1) is 18.7 Å². The maximum absolute atomic E-state index is 5.73. The van der Waals surface area contributed by atoms with E-state index in [4.69, 9.17) is 18.9 Å². The number of fused-ring (bicyclic) bond motifs is 1. The molecule has 2 aromatic rings. The molecule has 5 nitrogen and oxygen atoms in total. The van der Waals surface area contributed by atoms with Crippen LogP contribution in [0.5, 0.6) is 23.0 Å². The highest BCUT2D eigenvalue weighted by Gasteiger charge is 2.15. The van der Waals surface area contributed by atoms with Crippen LogP contribution in [0.3, 0.4) is 0 Å². The Kier molecular flexibility index (Phi) is 5.48. The van der Waals surface area contributed by atoms with Gasteiger partial charge in [-0.25, -0.2) is 0 Å². The van der Waals surface area contributed by atoms with E-state index in [0.29, 0.717) is 37.8 Å². The lowest BCUT2D eigenvalue weighted by atomic mass is 10.1. The Labute approximate surface area is 150 Å². The first-order valence-electron chi connectivity index (χ1n) is 7.71. The monoisotopic (exact) mass is 393 g/mol. The van der Waals surface area contributed by atoms with Crippen LogP contribution in [0.25, 0.3) is 0 Å². The van der Waals surface area contributed by atoms with E-state index < -0.39 is 0 Å². The summed E-state index contributed by atoms with van der Waals surface area (Å²) in [5, 5.41) is 3.43. The molecular formula is C18H20BrNO4. The van der Waals surface area contributed by atoms with Gasteiger partial charge in [-0.15, -0.1) is 0 Å². The van der Waals surface area contributed by atoms with E-state index in [2.05, 4.69) is 21.2 Å². The second-order valence-electron chi connectivity index (χ2n) is 5.36. The van der Waals surface area contributed by atoms with Crippen LogP contribution < -0.4 is 24.3 Å². The molecule has 128 valence electrons. The summed E-state index contributed by atoms with van der Waals surface area (Å²) in [6, 6.07) is 9.96. The molecule has 6 heteroatoms. The minimum atomic E-state index is 0.590. The smallest absolute Gasteiger partial charge is 0.174 e. The molecule has 3 rings (SSSR count). The summed E-state index contributed by atoms with van der Waals surface area (Å²) in [6.07, 6.45) is 0. The fourth-order valence-electron chi connectivity index (χ4n) is 2.69. The Morgan fingerprint density at radius 2 is 1.92 bits per heavy atom. The van der Waals surface area contributed by atoms with E-state index in [1.165, 1.54) is 0 Å². The number of rotatable bonds is 6. The van der Waals surface area contributed by atoms with Crippen molar-refractivity contribution in [3.05, 3.63) is 45.9 Å². The summed E-state index contributed by atoms with van der Waals surface area (Å²) in [6.45, 7) is 2.58. The Hall–Kier alpha value is -1.92. The maximum Gasteiger partial charge on any atom is 0.174 e. The number of halogens is 1. The molecule has 0 fully saturated rings. The van der Waals surface area contributed by atoms with Gasteiger partial charge in [0.1, 0.15) is 13.2 Å². The lowest BCUT2D eigenvalue weighted by molar-refractivity contribution is 0.169. The zero-order valence-corrected chi connectivity index (χ0v) is 15.3. The van der Waals surface area contributed by atoms with E-state index in [1.54, 1.807) is 14.2 Å². The van der Waals surface area contributed by atoms with Crippen LogP contribution in [0, 0.1) is 0 Å². The second kappa shape index (κ2) is 7.77. The van der Waals surface area contributed by atoms with Gasteiger partial charge < -0.3 is 24.3 Å². The molecule has 0 atom stereocenters. The Balaban J connectivity index is 1.68. The fraction of sp³-hybridized carbons (Fsp3) is 0.333. The van der Waals surface area contributed by atoms with Gasteiger partial charge in [-0.3, -0.25) is 0 Å². The van der Waals surface area contributed by atoms with Crippen molar-refractivity contribution in [2.75, 3.05) is 27.4 Å². The summed E-state index contributed by atoms with van der Waals surface area (Å²) in [7, 11) is 3.26. The molecular weight excluding hydrogens is 374 g/mol. The average molecular weight is 394 g/mol. The normalized spacial score (nSPS) is 12.8. The van der Waals surface area contributed by atoms with Crippen LogP contribution >= 0.6 is 15.9 Å². The molecule has 0 saturated heterocycles. The second-order valence-corrected chi connectivity index (χ2v) is 6.21. The number of ether oxygens (including phenoxy) is 4. The summed E-state index contributed by atoms with van der Waals surface area (Å²) in [5.41, 5.74) is 2.19.